The van der Waals surface area contributed by atoms with Gasteiger partial charge in [-0.1, -0.05) is 13.0 Å². The van der Waals surface area contributed by atoms with Crippen molar-refractivity contribution >= 4 is 5.69 Å². The maximum atomic E-state index is 8.75. The Morgan fingerprint density at radius 2 is 2.23 bits per heavy atom. The lowest BCUT2D eigenvalue weighted by atomic mass is 10.1. The summed E-state index contributed by atoms with van der Waals surface area (Å²) in [6.45, 7) is 2.01. The number of nitriles is 1. The van der Waals surface area contributed by atoms with Crippen molar-refractivity contribution in [2.75, 3.05) is 12.8 Å². The Morgan fingerprint density at radius 1 is 1.54 bits per heavy atom. The van der Waals surface area contributed by atoms with Crippen molar-refractivity contribution in [3.05, 3.63) is 23.3 Å². The molecular formula is C10H12N2O. The number of ether oxygens (including phenoxy) is 1. The summed E-state index contributed by atoms with van der Waals surface area (Å²) >= 11 is 0. The van der Waals surface area contributed by atoms with Crippen molar-refractivity contribution in [3.8, 4) is 11.8 Å². The van der Waals surface area contributed by atoms with Crippen LogP contribution in [0, 0.1) is 11.3 Å². The lowest BCUT2D eigenvalue weighted by Crippen LogP contribution is -1.99. The molecular weight excluding hydrogens is 164 g/mol. The lowest BCUT2D eigenvalue weighted by Gasteiger charge is -2.09. The van der Waals surface area contributed by atoms with E-state index in [9.17, 15) is 0 Å². The highest BCUT2D eigenvalue weighted by atomic mass is 16.5. The largest absolute Gasteiger partial charge is 0.493 e. The summed E-state index contributed by atoms with van der Waals surface area (Å²) in [4.78, 5) is 0. The van der Waals surface area contributed by atoms with Gasteiger partial charge < -0.3 is 10.5 Å². The normalized spacial score (nSPS) is 9.31. The monoisotopic (exact) mass is 176 g/mol. The molecule has 0 aromatic heterocycles. The van der Waals surface area contributed by atoms with Crippen LogP contribution in [0.4, 0.5) is 5.69 Å². The average molecular weight is 176 g/mol. The molecule has 1 aromatic rings. The second kappa shape index (κ2) is 3.81. The van der Waals surface area contributed by atoms with Crippen LogP contribution >= 0.6 is 0 Å². The Labute approximate surface area is 77.7 Å². The summed E-state index contributed by atoms with van der Waals surface area (Å²) in [5.41, 5.74) is 7.87. The van der Waals surface area contributed by atoms with Crippen LogP contribution in [0.5, 0.6) is 5.75 Å². The summed E-state index contributed by atoms with van der Waals surface area (Å²) in [5.74, 6) is 0.488. The quantitative estimate of drug-likeness (QED) is 0.698. The highest BCUT2D eigenvalue weighted by molar-refractivity contribution is 5.65. The maximum Gasteiger partial charge on any atom is 0.159 e. The number of rotatable bonds is 2. The Kier molecular flexibility index (Phi) is 2.76. The van der Waals surface area contributed by atoms with Gasteiger partial charge in [-0.25, -0.2) is 0 Å². The Balaban J connectivity index is 3.34. The van der Waals surface area contributed by atoms with Crippen molar-refractivity contribution in [2.45, 2.75) is 13.3 Å². The van der Waals surface area contributed by atoms with Crippen LogP contribution in [0.1, 0.15) is 18.1 Å². The first kappa shape index (κ1) is 9.40. The zero-order chi connectivity index (χ0) is 9.84. The third-order valence-electron chi connectivity index (χ3n) is 1.99. The van der Waals surface area contributed by atoms with Gasteiger partial charge in [0.15, 0.2) is 5.75 Å². The summed E-state index contributed by atoms with van der Waals surface area (Å²) < 4.78 is 5.06. The van der Waals surface area contributed by atoms with E-state index in [2.05, 4.69) is 0 Å². The van der Waals surface area contributed by atoms with Gasteiger partial charge >= 0.3 is 0 Å². The summed E-state index contributed by atoms with van der Waals surface area (Å²) in [5, 5.41) is 8.75. The predicted molar refractivity (Wildman–Crippen MR) is 51.5 cm³/mol. The van der Waals surface area contributed by atoms with Gasteiger partial charge in [0, 0.05) is 0 Å². The number of nitrogen functional groups attached to an aromatic ring is 1. The van der Waals surface area contributed by atoms with Crippen molar-refractivity contribution in [1.29, 1.82) is 5.26 Å². The van der Waals surface area contributed by atoms with E-state index in [-0.39, 0.29) is 0 Å². The molecule has 0 saturated carbocycles. The van der Waals surface area contributed by atoms with Crippen molar-refractivity contribution in [1.82, 2.24) is 0 Å². The molecule has 0 fully saturated rings. The highest BCUT2D eigenvalue weighted by Crippen LogP contribution is 2.29. The average Bonchev–Trinajstić information content (AvgIpc) is 2.17. The Hall–Kier alpha value is -1.69. The van der Waals surface area contributed by atoms with Crippen LogP contribution in [0.3, 0.4) is 0 Å². The molecule has 1 aromatic carbocycles. The van der Waals surface area contributed by atoms with E-state index in [1.54, 1.807) is 6.07 Å². The first-order chi connectivity index (χ1) is 6.24. The fraction of sp³-hybridized carbons (Fsp3) is 0.300. The molecule has 0 unspecified atom stereocenters. The number of hydrogen-bond donors (Lipinski definition) is 1. The van der Waals surface area contributed by atoms with Gasteiger partial charge in [0.25, 0.3) is 0 Å². The first-order valence-electron chi connectivity index (χ1n) is 4.10. The second-order valence-corrected chi connectivity index (χ2v) is 2.68. The topological polar surface area (TPSA) is 59.0 Å². The van der Waals surface area contributed by atoms with Crippen LogP contribution in [0.25, 0.3) is 0 Å². The minimum Gasteiger partial charge on any atom is -0.493 e. The minimum atomic E-state index is 0.484. The van der Waals surface area contributed by atoms with E-state index in [4.69, 9.17) is 15.7 Å². The molecule has 0 aliphatic heterocycles. The number of hydrogen-bond acceptors (Lipinski definition) is 3. The zero-order valence-corrected chi connectivity index (χ0v) is 7.79. The molecule has 0 bridgehead atoms. The lowest BCUT2D eigenvalue weighted by molar-refractivity contribution is 0.415. The van der Waals surface area contributed by atoms with Crippen LogP contribution in [0.15, 0.2) is 12.1 Å². The molecule has 0 amide bonds. The molecule has 0 saturated heterocycles. The standard InChI is InChI=1S/C10H12N2O/c1-3-7-4-5-8(6-11)10(13-2)9(7)12/h4-5H,3,12H2,1-2H3. The number of aryl methyl sites for hydroxylation is 1. The van der Waals surface area contributed by atoms with Crippen LogP contribution in [-0.4, -0.2) is 7.11 Å². The van der Waals surface area contributed by atoms with Gasteiger partial charge in [0.05, 0.1) is 18.4 Å². The zero-order valence-electron chi connectivity index (χ0n) is 7.79. The predicted octanol–water partition coefficient (Wildman–Crippen LogP) is 1.71. The van der Waals surface area contributed by atoms with E-state index in [1.165, 1.54) is 7.11 Å². The number of methoxy groups -OCH3 is 1. The smallest absolute Gasteiger partial charge is 0.159 e. The van der Waals surface area contributed by atoms with Gasteiger partial charge in [0.2, 0.25) is 0 Å². The molecule has 0 aliphatic carbocycles. The number of nitrogens with two attached hydrogens (primary N) is 1. The number of nitrogens with zero attached hydrogens (tertiary/aromatic N) is 1. The third-order valence-corrected chi connectivity index (χ3v) is 1.99. The molecule has 0 heterocycles. The Bertz CT molecular complexity index is 353. The number of anilines is 1. The van der Waals surface area contributed by atoms with E-state index >= 15 is 0 Å². The van der Waals surface area contributed by atoms with Crippen LogP contribution in [-0.2, 0) is 6.42 Å². The molecule has 13 heavy (non-hydrogen) atoms. The molecule has 2 N–H and O–H groups in total. The van der Waals surface area contributed by atoms with Crippen molar-refractivity contribution in [2.24, 2.45) is 0 Å². The van der Waals surface area contributed by atoms with Gasteiger partial charge in [-0.05, 0) is 18.1 Å². The van der Waals surface area contributed by atoms with Crippen molar-refractivity contribution in [3.63, 3.8) is 0 Å². The molecule has 0 radical (unpaired) electrons. The van der Waals surface area contributed by atoms with E-state index < -0.39 is 0 Å². The summed E-state index contributed by atoms with van der Waals surface area (Å²) in [6, 6.07) is 5.62. The molecule has 3 heteroatoms. The molecule has 68 valence electrons. The summed E-state index contributed by atoms with van der Waals surface area (Å²) in [6.07, 6.45) is 0.841. The van der Waals surface area contributed by atoms with Crippen LogP contribution in [0.2, 0.25) is 0 Å². The van der Waals surface area contributed by atoms with Gasteiger partial charge in [-0.2, -0.15) is 5.26 Å². The van der Waals surface area contributed by atoms with Crippen molar-refractivity contribution < 1.29 is 4.74 Å². The number of benzene rings is 1. The van der Waals surface area contributed by atoms with E-state index in [0.717, 1.165) is 12.0 Å². The molecule has 0 spiro atoms. The second-order valence-electron chi connectivity index (χ2n) is 2.68. The minimum absolute atomic E-state index is 0.484. The Morgan fingerprint density at radius 3 is 2.69 bits per heavy atom. The van der Waals surface area contributed by atoms with Crippen LogP contribution < -0.4 is 10.5 Å². The first-order valence-corrected chi connectivity index (χ1v) is 4.10. The van der Waals surface area contributed by atoms with Gasteiger partial charge in [0.1, 0.15) is 6.07 Å². The molecule has 0 atom stereocenters. The van der Waals surface area contributed by atoms with E-state index in [1.807, 2.05) is 19.1 Å². The van der Waals surface area contributed by atoms with Gasteiger partial charge in [-0.15, -0.1) is 0 Å². The highest BCUT2D eigenvalue weighted by Gasteiger charge is 2.09. The summed E-state index contributed by atoms with van der Waals surface area (Å²) in [7, 11) is 1.52. The molecule has 1 rings (SSSR count). The fourth-order valence-electron chi connectivity index (χ4n) is 1.26. The molecule has 3 nitrogen and oxygen atoms in total. The SMILES string of the molecule is CCc1ccc(C#N)c(OC)c1N. The third kappa shape index (κ3) is 1.57. The van der Waals surface area contributed by atoms with E-state index in [0.29, 0.717) is 17.0 Å². The fourth-order valence-corrected chi connectivity index (χ4v) is 1.26. The molecule has 0 aliphatic rings. The maximum absolute atomic E-state index is 8.75. The van der Waals surface area contributed by atoms with Gasteiger partial charge in [-0.3, -0.25) is 0 Å².